The average molecular weight is 402 g/mol. The highest BCUT2D eigenvalue weighted by Gasteiger charge is 2.34. The van der Waals surface area contributed by atoms with Gasteiger partial charge in [-0.25, -0.2) is 8.42 Å². The van der Waals surface area contributed by atoms with E-state index >= 15 is 0 Å². The van der Waals surface area contributed by atoms with E-state index in [0.29, 0.717) is 18.7 Å². The van der Waals surface area contributed by atoms with Crippen molar-refractivity contribution in [2.45, 2.75) is 32.2 Å². The van der Waals surface area contributed by atoms with Crippen LogP contribution in [0.25, 0.3) is 0 Å². The van der Waals surface area contributed by atoms with Gasteiger partial charge in [0.05, 0.1) is 11.5 Å². The second-order valence-corrected chi connectivity index (χ2v) is 9.43. The molecule has 0 aromatic heterocycles. The Labute approximate surface area is 167 Å². The summed E-state index contributed by atoms with van der Waals surface area (Å²) in [5.41, 5.74) is 2.20. The van der Waals surface area contributed by atoms with Crippen LogP contribution in [0.5, 0.6) is 5.75 Å². The number of rotatable bonds is 8. The zero-order valence-electron chi connectivity index (χ0n) is 16.2. The SMILES string of the molecule is CCCN(C(=O)COc1ccccc1Cc1ccccc1)C1CCS(=O)(=O)C1. The highest BCUT2D eigenvalue weighted by molar-refractivity contribution is 7.91. The van der Waals surface area contributed by atoms with Crippen LogP contribution in [-0.2, 0) is 21.1 Å². The van der Waals surface area contributed by atoms with E-state index in [9.17, 15) is 13.2 Å². The molecule has 2 aromatic carbocycles. The topological polar surface area (TPSA) is 63.7 Å². The maximum absolute atomic E-state index is 12.8. The number of ether oxygens (including phenoxy) is 1. The molecule has 3 rings (SSSR count). The number of hydrogen-bond donors (Lipinski definition) is 0. The molecule has 1 unspecified atom stereocenters. The van der Waals surface area contributed by atoms with Gasteiger partial charge in [0.2, 0.25) is 0 Å². The van der Waals surface area contributed by atoms with Gasteiger partial charge in [0.1, 0.15) is 5.75 Å². The second kappa shape index (κ2) is 9.24. The lowest BCUT2D eigenvalue weighted by Crippen LogP contribution is -2.44. The van der Waals surface area contributed by atoms with Crippen LogP contribution in [0.3, 0.4) is 0 Å². The number of para-hydroxylation sites is 1. The van der Waals surface area contributed by atoms with Crippen molar-refractivity contribution < 1.29 is 17.9 Å². The summed E-state index contributed by atoms with van der Waals surface area (Å²) >= 11 is 0. The van der Waals surface area contributed by atoms with Gasteiger partial charge in [-0.1, -0.05) is 55.5 Å². The maximum Gasteiger partial charge on any atom is 0.260 e. The van der Waals surface area contributed by atoms with E-state index in [4.69, 9.17) is 4.74 Å². The largest absolute Gasteiger partial charge is 0.483 e. The van der Waals surface area contributed by atoms with Crippen LogP contribution >= 0.6 is 0 Å². The monoisotopic (exact) mass is 401 g/mol. The molecule has 0 saturated carbocycles. The van der Waals surface area contributed by atoms with E-state index in [-0.39, 0.29) is 30.1 Å². The fraction of sp³-hybridized carbons (Fsp3) is 0.409. The summed E-state index contributed by atoms with van der Waals surface area (Å²) in [7, 11) is -3.04. The van der Waals surface area contributed by atoms with Crippen molar-refractivity contribution in [1.29, 1.82) is 0 Å². The Kier molecular flexibility index (Phi) is 6.73. The summed E-state index contributed by atoms with van der Waals surface area (Å²) in [6.07, 6.45) is 2.02. The highest BCUT2D eigenvalue weighted by Crippen LogP contribution is 2.22. The van der Waals surface area contributed by atoms with Gasteiger partial charge >= 0.3 is 0 Å². The minimum atomic E-state index is -3.04. The van der Waals surface area contributed by atoms with E-state index < -0.39 is 9.84 Å². The van der Waals surface area contributed by atoms with Crippen molar-refractivity contribution in [3.63, 3.8) is 0 Å². The first kappa shape index (κ1) is 20.4. The van der Waals surface area contributed by atoms with Crippen LogP contribution in [-0.4, -0.2) is 49.9 Å². The zero-order chi connectivity index (χ0) is 20.0. The van der Waals surface area contributed by atoms with Crippen LogP contribution in [0, 0.1) is 0 Å². The Hall–Kier alpha value is -2.34. The first-order chi connectivity index (χ1) is 13.5. The van der Waals surface area contributed by atoms with Crippen molar-refractivity contribution in [2.24, 2.45) is 0 Å². The van der Waals surface area contributed by atoms with Gasteiger partial charge < -0.3 is 9.64 Å². The Morgan fingerprint density at radius 3 is 2.50 bits per heavy atom. The van der Waals surface area contributed by atoms with Crippen LogP contribution in [0.1, 0.15) is 30.9 Å². The Morgan fingerprint density at radius 2 is 1.82 bits per heavy atom. The average Bonchev–Trinajstić information content (AvgIpc) is 3.05. The first-order valence-corrected chi connectivity index (χ1v) is 11.5. The van der Waals surface area contributed by atoms with Gasteiger partial charge in [0.25, 0.3) is 5.91 Å². The summed E-state index contributed by atoms with van der Waals surface area (Å²) in [6.45, 7) is 2.45. The number of amides is 1. The summed E-state index contributed by atoms with van der Waals surface area (Å²) in [6, 6.07) is 17.6. The summed E-state index contributed by atoms with van der Waals surface area (Å²) in [5.74, 6) is 0.753. The van der Waals surface area contributed by atoms with Gasteiger partial charge in [0, 0.05) is 19.0 Å². The fourth-order valence-electron chi connectivity index (χ4n) is 3.60. The van der Waals surface area contributed by atoms with Gasteiger partial charge in [-0.15, -0.1) is 0 Å². The third-order valence-corrected chi connectivity index (χ3v) is 6.75. The van der Waals surface area contributed by atoms with Crippen molar-refractivity contribution in [3.8, 4) is 5.75 Å². The molecule has 0 bridgehead atoms. The van der Waals surface area contributed by atoms with Gasteiger partial charge in [-0.3, -0.25) is 4.79 Å². The normalized spacial score (nSPS) is 18.0. The smallest absolute Gasteiger partial charge is 0.260 e. The maximum atomic E-state index is 12.8. The van der Waals surface area contributed by atoms with Gasteiger partial charge in [0.15, 0.2) is 16.4 Å². The number of benzene rings is 2. The number of carbonyl (C=O) groups is 1. The molecule has 0 radical (unpaired) electrons. The molecule has 1 aliphatic rings. The molecular weight excluding hydrogens is 374 g/mol. The Bertz CT molecular complexity index is 896. The lowest BCUT2D eigenvalue weighted by molar-refractivity contribution is -0.135. The van der Waals surface area contributed by atoms with E-state index in [1.165, 1.54) is 5.56 Å². The molecule has 1 fully saturated rings. The third-order valence-electron chi connectivity index (χ3n) is 5.00. The van der Waals surface area contributed by atoms with Crippen LogP contribution in [0.2, 0.25) is 0 Å². The molecule has 1 atom stereocenters. The molecule has 1 saturated heterocycles. The van der Waals surface area contributed by atoms with Crippen molar-refractivity contribution >= 4 is 15.7 Å². The van der Waals surface area contributed by atoms with Crippen LogP contribution in [0.15, 0.2) is 54.6 Å². The van der Waals surface area contributed by atoms with E-state index in [2.05, 4.69) is 12.1 Å². The molecule has 5 nitrogen and oxygen atoms in total. The standard InChI is InChI=1S/C22H27NO4S/c1-2-13-23(20-12-14-28(25,26)17-20)22(24)16-27-21-11-7-6-10-19(21)15-18-8-4-3-5-9-18/h3-11,20H,2,12-17H2,1H3. The van der Waals surface area contributed by atoms with Crippen LogP contribution in [0.4, 0.5) is 0 Å². The molecule has 28 heavy (non-hydrogen) atoms. The number of hydrogen-bond acceptors (Lipinski definition) is 4. The summed E-state index contributed by atoms with van der Waals surface area (Å²) in [5, 5.41) is 0. The molecule has 0 spiro atoms. The third kappa shape index (κ3) is 5.35. The molecule has 1 heterocycles. The van der Waals surface area contributed by atoms with Crippen molar-refractivity contribution in [1.82, 2.24) is 4.90 Å². The number of nitrogens with zero attached hydrogens (tertiary/aromatic N) is 1. The van der Waals surface area contributed by atoms with E-state index in [1.54, 1.807) is 4.90 Å². The molecule has 0 aliphatic carbocycles. The Morgan fingerprint density at radius 1 is 1.11 bits per heavy atom. The Balaban J connectivity index is 1.66. The van der Waals surface area contributed by atoms with Gasteiger partial charge in [-0.05, 0) is 30.0 Å². The molecular formula is C22H27NO4S. The van der Waals surface area contributed by atoms with Crippen LogP contribution < -0.4 is 4.74 Å². The highest BCUT2D eigenvalue weighted by atomic mass is 32.2. The number of sulfone groups is 1. The quantitative estimate of drug-likeness (QED) is 0.682. The lowest BCUT2D eigenvalue weighted by atomic mass is 10.0. The van der Waals surface area contributed by atoms with Crippen molar-refractivity contribution in [2.75, 3.05) is 24.7 Å². The first-order valence-electron chi connectivity index (χ1n) is 9.73. The molecule has 1 aliphatic heterocycles. The summed E-state index contributed by atoms with van der Waals surface area (Å²) in [4.78, 5) is 14.5. The second-order valence-electron chi connectivity index (χ2n) is 7.20. The molecule has 150 valence electrons. The molecule has 1 amide bonds. The zero-order valence-corrected chi connectivity index (χ0v) is 17.0. The predicted molar refractivity (Wildman–Crippen MR) is 110 cm³/mol. The number of carbonyl (C=O) groups excluding carboxylic acids is 1. The van der Waals surface area contributed by atoms with Gasteiger partial charge in [-0.2, -0.15) is 0 Å². The minimum Gasteiger partial charge on any atom is -0.483 e. The molecule has 0 N–H and O–H groups in total. The van der Waals surface area contributed by atoms with E-state index in [1.807, 2.05) is 49.4 Å². The molecule has 2 aromatic rings. The summed E-state index contributed by atoms with van der Waals surface area (Å²) < 4.78 is 29.5. The molecule has 6 heteroatoms. The predicted octanol–water partition coefficient (Wildman–Crippen LogP) is 3.08. The fourth-order valence-corrected chi connectivity index (χ4v) is 5.33. The minimum absolute atomic E-state index is 0.0589. The van der Waals surface area contributed by atoms with E-state index in [0.717, 1.165) is 18.4 Å². The lowest BCUT2D eigenvalue weighted by Gasteiger charge is -2.28. The van der Waals surface area contributed by atoms with Crippen molar-refractivity contribution in [3.05, 3.63) is 65.7 Å².